The fourth-order valence-corrected chi connectivity index (χ4v) is 2.98. The molecule has 1 fully saturated rings. The van der Waals surface area contributed by atoms with Crippen molar-refractivity contribution >= 4 is 35.6 Å². The quantitative estimate of drug-likeness (QED) is 0.198. The minimum atomic E-state index is -1.42. The number of aliphatic carboxylic acids is 2. The van der Waals surface area contributed by atoms with Crippen LogP contribution in [0.15, 0.2) is 0 Å². The van der Waals surface area contributed by atoms with E-state index in [-0.39, 0.29) is 19.4 Å². The van der Waals surface area contributed by atoms with Crippen LogP contribution in [0.1, 0.15) is 39.0 Å². The van der Waals surface area contributed by atoms with E-state index in [9.17, 15) is 28.8 Å². The van der Waals surface area contributed by atoms with Crippen molar-refractivity contribution in [1.82, 2.24) is 15.5 Å². The third-order valence-electron chi connectivity index (χ3n) is 4.59. The summed E-state index contributed by atoms with van der Waals surface area (Å²) in [6.07, 6.45) is -0.314. The second-order valence-corrected chi connectivity index (χ2v) is 7.03. The average Bonchev–Trinajstić information content (AvgIpc) is 3.13. The van der Waals surface area contributed by atoms with Gasteiger partial charge in [0.2, 0.25) is 23.6 Å². The fourth-order valence-electron chi connectivity index (χ4n) is 2.98. The van der Waals surface area contributed by atoms with Gasteiger partial charge in [0.15, 0.2) is 0 Å². The Morgan fingerprint density at radius 1 is 1.13 bits per heavy atom. The molecule has 1 saturated heterocycles. The van der Waals surface area contributed by atoms with Crippen LogP contribution in [-0.4, -0.2) is 81.4 Å². The number of nitrogens with zero attached hydrogens (tertiary/aromatic N) is 1. The molecule has 0 aliphatic carbocycles. The molecule has 0 radical (unpaired) electrons. The van der Waals surface area contributed by atoms with Crippen LogP contribution in [0.5, 0.6) is 0 Å². The van der Waals surface area contributed by atoms with Gasteiger partial charge in [-0.3, -0.25) is 28.8 Å². The zero-order valence-electron chi connectivity index (χ0n) is 16.5. The number of primary amides is 1. The summed E-state index contributed by atoms with van der Waals surface area (Å²) in [5.41, 5.74) is 10.6. The molecule has 1 rings (SSSR count). The zero-order chi connectivity index (χ0) is 23.0. The SMILES string of the molecule is CC(NC(=O)C1CCCN1C(=O)C(CCC(N)=O)NC(=O)C(N)CC(=O)O)C(=O)O. The van der Waals surface area contributed by atoms with E-state index in [1.54, 1.807) is 0 Å². The van der Waals surface area contributed by atoms with Crippen molar-refractivity contribution in [2.45, 2.75) is 63.2 Å². The van der Waals surface area contributed by atoms with E-state index in [0.717, 1.165) is 0 Å². The normalized spacial score (nSPS) is 18.7. The molecule has 0 aromatic heterocycles. The summed E-state index contributed by atoms with van der Waals surface area (Å²) in [6, 6.07) is -4.77. The van der Waals surface area contributed by atoms with Crippen molar-refractivity contribution in [2.24, 2.45) is 11.5 Å². The second-order valence-electron chi connectivity index (χ2n) is 7.03. The lowest BCUT2D eigenvalue weighted by molar-refractivity contribution is -0.144. The van der Waals surface area contributed by atoms with E-state index in [4.69, 9.17) is 21.7 Å². The molecule has 13 heteroatoms. The van der Waals surface area contributed by atoms with Crippen LogP contribution in [0.4, 0.5) is 0 Å². The summed E-state index contributed by atoms with van der Waals surface area (Å²) in [6.45, 7) is 1.46. The first-order valence-electron chi connectivity index (χ1n) is 9.33. The Kier molecular flexibility index (Phi) is 9.17. The number of hydrogen-bond acceptors (Lipinski definition) is 7. The van der Waals surface area contributed by atoms with Gasteiger partial charge >= 0.3 is 11.9 Å². The first kappa shape index (κ1) is 24.8. The summed E-state index contributed by atoms with van der Waals surface area (Å²) >= 11 is 0. The van der Waals surface area contributed by atoms with Gasteiger partial charge in [-0.1, -0.05) is 0 Å². The van der Waals surface area contributed by atoms with Crippen molar-refractivity contribution in [3.05, 3.63) is 0 Å². The Morgan fingerprint density at radius 2 is 1.77 bits per heavy atom. The largest absolute Gasteiger partial charge is 0.481 e. The molecule has 0 aromatic carbocycles. The molecular weight excluding hydrogens is 402 g/mol. The first-order valence-corrected chi connectivity index (χ1v) is 9.33. The Bertz CT molecular complexity index is 712. The number of rotatable bonds is 11. The smallest absolute Gasteiger partial charge is 0.325 e. The van der Waals surface area contributed by atoms with Gasteiger partial charge in [-0.05, 0) is 26.2 Å². The van der Waals surface area contributed by atoms with Gasteiger partial charge in [-0.15, -0.1) is 0 Å². The monoisotopic (exact) mass is 429 g/mol. The van der Waals surface area contributed by atoms with Crippen molar-refractivity contribution in [3.63, 3.8) is 0 Å². The molecule has 13 nitrogen and oxygen atoms in total. The molecule has 8 N–H and O–H groups in total. The van der Waals surface area contributed by atoms with E-state index in [1.807, 2.05) is 0 Å². The number of carboxylic acids is 2. The highest BCUT2D eigenvalue weighted by atomic mass is 16.4. The highest BCUT2D eigenvalue weighted by Crippen LogP contribution is 2.20. The highest BCUT2D eigenvalue weighted by Gasteiger charge is 2.38. The molecular formula is C17H27N5O8. The van der Waals surface area contributed by atoms with Gasteiger partial charge in [-0.2, -0.15) is 0 Å². The molecule has 168 valence electrons. The molecule has 1 aliphatic rings. The summed E-state index contributed by atoms with van der Waals surface area (Å²) in [4.78, 5) is 71.5. The van der Waals surface area contributed by atoms with Crippen molar-refractivity contribution in [2.75, 3.05) is 6.54 Å². The van der Waals surface area contributed by atoms with E-state index in [0.29, 0.717) is 12.8 Å². The van der Waals surface area contributed by atoms with Crippen LogP contribution in [-0.2, 0) is 28.8 Å². The number of carbonyl (C=O) groups excluding carboxylic acids is 4. The highest BCUT2D eigenvalue weighted by molar-refractivity contribution is 5.95. The fraction of sp³-hybridized carbons (Fsp3) is 0.647. The molecule has 4 atom stereocenters. The van der Waals surface area contributed by atoms with Crippen LogP contribution in [0.3, 0.4) is 0 Å². The summed E-state index contributed by atoms with van der Waals surface area (Å²) in [7, 11) is 0. The molecule has 1 aliphatic heterocycles. The third kappa shape index (κ3) is 7.31. The number of nitrogens with two attached hydrogens (primary N) is 2. The number of hydrogen-bond donors (Lipinski definition) is 6. The maximum atomic E-state index is 13.0. The van der Waals surface area contributed by atoms with Gasteiger partial charge in [-0.25, -0.2) is 0 Å². The lowest BCUT2D eigenvalue weighted by Crippen LogP contribution is -2.56. The van der Waals surface area contributed by atoms with Gasteiger partial charge in [0.25, 0.3) is 0 Å². The van der Waals surface area contributed by atoms with Crippen LogP contribution in [0.2, 0.25) is 0 Å². The molecule has 0 bridgehead atoms. The number of likely N-dealkylation sites (tertiary alicyclic amines) is 1. The predicted molar refractivity (Wildman–Crippen MR) is 101 cm³/mol. The second kappa shape index (κ2) is 11.1. The molecule has 4 amide bonds. The molecule has 0 saturated carbocycles. The van der Waals surface area contributed by atoms with Crippen molar-refractivity contribution in [3.8, 4) is 0 Å². The van der Waals surface area contributed by atoms with Crippen molar-refractivity contribution < 1.29 is 39.0 Å². The van der Waals surface area contributed by atoms with Crippen LogP contribution < -0.4 is 22.1 Å². The van der Waals surface area contributed by atoms with E-state index >= 15 is 0 Å². The Balaban J connectivity index is 2.93. The maximum Gasteiger partial charge on any atom is 0.325 e. The van der Waals surface area contributed by atoms with E-state index < -0.39 is 66.2 Å². The van der Waals surface area contributed by atoms with Crippen LogP contribution in [0, 0.1) is 0 Å². The molecule has 1 heterocycles. The Morgan fingerprint density at radius 3 is 2.30 bits per heavy atom. The summed E-state index contributed by atoms with van der Waals surface area (Å²) in [5, 5.41) is 22.3. The summed E-state index contributed by atoms with van der Waals surface area (Å²) < 4.78 is 0. The minimum absolute atomic E-state index is 0.171. The molecule has 4 unspecified atom stereocenters. The van der Waals surface area contributed by atoms with Crippen LogP contribution in [0.25, 0.3) is 0 Å². The molecule has 30 heavy (non-hydrogen) atoms. The third-order valence-corrected chi connectivity index (χ3v) is 4.59. The average molecular weight is 429 g/mol. The van der Waals surface area contributed by atoms with Crippen molar-refractivity contribution in [1.29, 1.82) is 0 Å². The lowest BCUT2D eigenvalue weighted by atomic mass is 10.1. The van der Waals surface area contributed by atoms with Gasteiger partial charge < -0.3 is 37.2 Å². The van der Waals surface area contributed by atoms with Gasteiger partial charge in [0.1, 0.15) is 18.1 Å². The lowest BCUT2D eigenvalue weighted by Gasteiger charge is -2.29. The molecule has 0 aromatic rings. The van der Waals surface area contributed by atoms with Gasteiger partial charge in [0, 0.05) is 13.0 Å². The van der Waals surface area contributed by atoms with Gasteiger partial charge in [0.05, 0.1) is 12.5 Å². The number of nitrogens with one attached hydrogen (secondary N) is 2. The van der Waals surface area contributed by atoms with E-state index in [2.05, 4.69) is 10.6 Å². The van der Waals surface area contributed by atoms with Crippen LogP contribution >= 0.6 is 0 Å². The standard InChI is InChI=1S/C17H27N5O8/c1-8(17(29)30)20-15(27)11-3-2-6-22(11)16(28)10(4-5-12(19)23)21-14(26)9(18)7-13(24)25/h8-11H,2-7,18H2,1H3,(H2,19,23)(H,20,27)(H,21,26)(H,24,25)(H,29,30). The zero-order valence-corrected chi connectivity index (χ0v) is 16.5. The Hall–Kier alpha value is -3.22. The minimum Gasteiger partial charge on any atom is -0.481 e. The van der Waals surface area contributed by atoms with E-state index in [1.165, 1.54) is 11.8 Å². The number of carboxylic acid groups (broad SMARTS) is 2. The summed E-state index contributed by atoms with van der Waals surface area (Å²) in [5.74, 6) is -5.49. The molecule has 0 spiro atoms. The Labute approximate surface area is 172 Å². The first-order chi connectivity index (χ1) is 13.9. The maximum absolute atomic E-state index is 13.0. The topological polar surface area (TPSA) is 222 Å². The predicted octanol–water partition coefficient (Wildman–Crippen LogP) is -2.88. The number of amides is 4. The number of carbonyl (C=O) groups is 6.